The summed E-state index contributed by atoms with van der Waals surface area (Å²) in [7, 11) is 0. The summed E-state index contributed by atoms with van der Waals surface area (Å²) in [5.41, 5.74) is 1.11. The fourth-order valence-corrected chi connectivity index (χ4v) is 1.64. The van der Waals surface area contributed by atoms with Crippen molar-refractivity contribution in [3.8, 4) is 11.5 Å². The second-order valence-corrected chi connectivity index (χ2v) is 3.52. The molecular formula is C13H10N2O. The van der Waals surface area contributed by atoms with Gasteiger partial charge in [-0.25, -0.2) is 0 Å². The van der Waals surface area contributed by atoms with Crippen LogP contribution < -0.4 is 4.74 Å². The summed E-state index contributed by atoms with van der Waals surface area (Å²) >= 11 is 0. The Bertz CT molecular complexity index is 601. The first-order valence-electron chi connectivity index (χ1n) is 5.07. The summed E-state index contributed by atoms with van der Waals surface area (Å²) in [5.74, 6) is 1.57. The molecule has 0 radical (unpaired) electrons. The van der Waals surface area contributed by atoms with Gasteiger partial charge in [0.05, 0.1) is 6.20 Å². The van der Waals surface area contributed by atoms with Gasteiger partial charge in [0.15, 0.2) is 0 Å². The van der Waals surface area contributed by atoms with E-state index >= 15 is 0 Å². The molecule has 3 heteroatoms. The lowest BCUT2D eigenvalue weighted by Crippen LogP contribution is -1.84. The molecule has 3 aromatic rings. The van der Waals surface area contributed by atoms with Gasteiger partial charge in [-0.1, -0.05) is 0 Å². The lowest BCUT2D eigenvalue weighted by Gasteiger charge is -2.04. The molecule has 0 amide bonds. The highest BCUT2D eigenvalue weighted by molar-refractivity contribution is 5.80. The third-order valence-corrected chi connectivity index (χ3v) is 2.39. The first-order chi connectivity index (χ1) is 7.92. The third-order valence-electron chi connectivity index (χ3n) is 2.39. The van der Waals surface area contributed by atoms with Crippen LogP contribution in [-0.4, -0.2) is 9.97 Å². The normalized spacial score (nSPS) is 10.5. The van der Waals surface area contributed by atoms with E-state index in [1.807, 2.05) is 42.6 Å². The Morgan fingerprint density at radius 1 is 1.06 bits per heavy atom. The Kier molecular flexibility index (Phi) is 2.07. The standard InChI is InChI=1S/C13H10N2O/c1-2-12(9-14-6-1)16-11-3-4-13-10(8-11)5-7-15-13/h1-9,15H. The summed E-state index contributed by atoms with van der Waals surface area (Å²) in [5, 5.41) is 1.14. The van der Waals surface area contributed by atoms with E-state index in [1.54, 1.807) is 12.4 Å². The van der Waals surface area contributed by atoms with Gasteiger partial charge in [-0.3, -0.25) is 4.98 Å². The van der Waals surface area contributed by atoms with E-state index in [2.05, 4.69) is 9.97 Å². The highest BCUT2D eigenvalue weighted by Crippen LogP contribution is 2.24. The molecule has 1 aromatic carbocycles. The number of nitrogens with one attached hydrogen (secondary N) is 1. The van der Waals surface area contributed by atoms with Crippen LogP contribution in [0.4, 0.5) is 0 Å². The quantitative estimate of drug-likeness (QED) is 0.704. The average molecular weight is 210 g/mol. The fourth-order valence-electron chi connectivity index (χ4n) is 1.64. The minimum atomic E-state index is 0.748. The molecule has 0 fully saturated rings. The third kappa shape index (κ3) is 1.63. The molecular weight excluding hydrogens is 200 g/mol. The zero-order chi connectivity index (χ0) is 10.8. The van der Waals surface area contributed by atoms with Gasteiger partial charge in [-0.2, -0.15) is 0 Å². The van der Waals surface area contributed by atoms with Crippen molar-refractivity contribution in [1.29, 1.82) is 0 Å². The number of H-pyrrole nitrogens is 1. The van der Waals surface area contributed by atoms with Gasteiger partial charge in [-0.15, -0.1) is 0 Å². The molecule has 0 unspecified atom stereocenters. The number of hydrogen-bond acceptors (Lipinski definition) is 2. The minimum Gasteiger partial charge on any atom is -0.456 e. The monoisotopic (exact) mass is 210 g/mol. The van der Waals surface area contributed by atoms with Crippen molar-refractivity contribution in [2.24, 2.45) is 0 Å². The SMILES string of the molecule is c1cncc(Oc2ccc3[nH]ccc3c2)c1. The molecule has 0 aliphatic rings. The van der Waals surface area contributed by atoms with Gasteiger partial charge in [0.25, 0.3) is 0 Å². The zero-order valence-electron chi connectivity index (χ0n) is 8.55. The number of benzene rings is 1. The second-order valence-electron chi connectivity index (χ2n) is 3.52. The van der Waals surface area contributed by atoms with Crippen LogP contribution in [0.1, 0.15) is 0 Å². The van der Waals surface area contributed by atoms with Crippen LogP contribution in [0.2, 0.25) is 0 Å². The van der Waals surface area contributed by atoms with E-state index in [-0.39, 0.29) is 0 Å². The summed E-state index contributed by atoms with van der Waals surface area (Å²) in [4.78, 5) is 7.14. The maximum atomic E-state index is 5.68. The van der Waals surface area contributed by atoms with E-state index in [1.165, 1.54) is 0 Å². The van der Waals surface area contributed by atoms with Crippen LogP contribution in [0.25, 0.3) is 10.9 Å². The number of hydrogen-bond donors (Lipinski definition) is 1. The second kappa shape index (κ2) is 3.70. The lowest BCUT2D eigenvalue weighted by atomic mass is 10.2. The van der Waals surface area contributed by atoms with Crippen molar-refractivity contribution < 1.29 is 4.74 Å². The number of pyridine rings is 1. The number of aromatic amines is 1. The Labute approximate surface area is 92.7 Å². The first kappa shape index (κ1) is 8.97. The van der Waals surface area contributed by atoms with Crippen molar-refractivity contribution >= 4 is 10.9 Å². The molecule has 16 heavy (non-hydrogen) atoms. The largest absolute Gasteiger partial charge is 0.456 e. The van der Waals surface area contributed by atoms with Crippen molar-refractivity contribution in [2.75, 3.05) is 0 Å². The minimum absolute atomic E-state index is 0.748. The summed E-state index contributed by atoms with van der Waals surface area (Å²) < 4.78 is 5.68. The van der Waals surface area contributed by atoms with E-state index in [4.69, 9.17) is 4.74 Å². The topological polar surface area (TPSA) is 37.9 Å². The van der Waals surface area contributed by atoms with E-state index in [0.29, 0.717) is 0 Å². The van der Waals surface area contributed by atoms with Gasteiger partial charge < -0.3 is 9.72 Å². The molecule has 0 aliphatic carbocycles. The molecule has 0 atom stereocenters. The van der Waals surface area contributed by atoms with E-state index in [0.717, 1.165) is 22.4 Å². The summed E-state index contributed by atoms with van der Waals surface area (Å²) in [6.45, 7) is 0. The number of rotatable bonds is 2. The van der Waals surface area contributed by atoms with Crippen molar-refractivity contribution in [3.05, 3.63) is 55.0 Å². The molecule has 78 valence electrons. The molecule has 0 saturated heterocycles. The maximum absolute atomic E-state index is 5.68. The Morgan fingerprint density at radius 2 is 2.06 bits per heavy atom. The van der Waals surface area contributed by atoms with Crippen LogP contribution in [-0.2, 0) is 0 Å². The summed E-state index contributed by atoms with van der Waals surface area (Å²) in [6, 6.07) is 11.7. The van der Waals surface area contributed by atoms with Crippen LogP contribution in [0.3, 0.4) is 0 Å². The van der Waals surface area contributed by atoms with Gasteiger partial charge in [0.2, 0.25) is 0 Å². The number of nitrogens with zero attached hydrogens (tertiary/aromatic N) is 1. The van der Waals surface area contributed by atoms with E-state index < -0.39 is 0 Å². The van der Waals surface area contributed by atoms with Crippen LogP contribution in [0, 0.1) is 0 Å². The lowest BCUT2D eigenvalue weighted by molar-refractivity contribution is 0.481. The average Bonchev–Trinajstić information content (AvgIpc) is 2.77. The highest BCUT2D eigenvalue weighted by atomic mass is 16.5. The van der Waals surface area contributed by atoms with Crippen LogP contribution >= 0.6 is 0 Å². The smallest absolute Gasteiger partial charge is 0.145 e. The molecule has 0 spiro atoms. The number of aromatic nitrogens is 2. The van der Waals surface area contributed by atoms with Gasteiger partial charge in [0.1, 0.15) is 11.5 Å². The van der Waals surface area contributed by atoms with Gasteiger partial charge >= 0.3 is 0 Å². The molecule has 3 nitrogen and oxygen atoms in total. The van der Waals surface area contributed by atoms with Gasteiger partial charge in [0, 0.05) is 23.3 Å². The highest BCUT2D eigenvalue weighted by Gasteiger charge is 1.99. The molecule has 0 bridgehead atoms. The maximum Gasteiger partial charge on any atom is 0.145 e. The van der Waals surface area contributed by atoms with Crippen molar-refractivity contribution in [3.63, 3.8) is 0 Å². The van der Waals surface area contributed by atoms with Crippen molar-refractivity contribution in [1.82, 2.24) is 9.97 Å². The van der Waals surface area contributed by atoms with E-state index in [9.17, 15) is 0 Å². The molecule has 2 aromatic heterocycles. The van der Waals surface area contributed by atoms with Crippen LogP contribution in [0.5, 0.6) is 11.5 Å². The number of ether oxygens (including phenoxy) is 1. The first-order valence-corrected chi connectivity index (χ1v) is 5.07. The number of fused-ring (bicyclic) bond motifs is 1. The zero-order valence-corrected chi connectivity index (χ0v) is 8.55. The van der Waals surface area contributed by atoms with Gasteiger partial charge in [-0.05, 0) is 36.4 Å². The molecule has 1 N–H and O–H groups in total. The van der Waals surface area contributed by atoms with Crippen molar-refractivity contribution in [2.45, 2.75) is 0 Å². The predicted molar refractivity (Wildman–Crippen MR) is 62.6 cm³/mol. The Morgan fingerprint density at radius 3 is 2.94 bits per heavy atom. The summed E-state index contributed by atoms with van der Waals surface area (Å²) in [6.07, 6.45) is 5.34. The Hall–Kier alpha value is -2.29. The molecule has 0 aliphatic heterocycles. The predicted octanol–water partition coefficient (Wildman–Crippen LogP) is 3.36. The molecule has 0 saturated carbocycles. The molecule has 3 rings (SSSR count). The Balaban J connectivity index is 1.94. The van der Waals surface area contributed by atoms with Crippen LogP contribution in [0.15, 0.2) is 55.0 Å². The molecule has 2 heterocycles. The fraction of sp³-hybridized carbons (Fsp3) is 0.